The number of carbonyl (C=O) groups excluding carboxylic acids is 1. The van der Waals surface area contributed by atoms with Gasteiger partial charge in [-0.1, -0.05) is 24.3 Å². The van der Waals surface area contributed by atoms with Gasteiger partial charge in [0.05, 0.1) is 13.5 Å². The summed E-state index contributed by atoms with van der Waals surface area (Å²) in [5.74, 6) is -0.226. The Kier molecular flexibility index (Phi) is 6.29. The molecule has 0 amide bonds. The predicted molar refractivity (Wildman–Crippen MR) is 65.6 cm³/mol. The van der Waals surface area contributed by atoms with Crippen molar-refractivity contribution in [3.8, 4) is 0 Å². The largest absolute Gasteiger partial charge is 0.469 e. The molecular weight excluding hydrogens is 218 g/mol. The third-order valence-electron chi connectivity index (χ3n) is 2.41. The Bertz CT molecular complexity index is 352. The molecule has 0 saturated carbocycles. The Labute approximate surface area is 102 Å². The minimum absolute atomic E-state index is 0.204. The molecule has 4 heteroatoms. The molecule has 0 fully saturated rings. The summed E-state index contributed by atoms with van der Waals surface area (Å²) in [6, 6.07) is 7.84. The van der Waals surface area contributed by atoms with Crippen LogP contribution in [-0.2, 0) is 22.5 Å². The van der Waals surface area contributed by atoms with E-state index in [0.29, 0.717) is 6.42 Å². The quantitative estimate of drug-likeness (QED) is 0.546. The number of aliphatic hydroxyl groups is 1. The van der Waals surface area contributed by atoms with Crippen LogP contribution >= 0.6 is 0 Å². The van der Waals surface area contributed by atoms with E-state index in [9.17, 15) is 4.79 Å². The highest BCUT2D eigenvalue weighted by atomic mass is 16.5. The van der Waals surface area contributed by atoms with Gasteiger partial charge in [-0.2, -0.15) is 0 Å². The minimum Gasteiger partial charge on any atom is -0.469 e. The molecule has 0 aliphatic carbocycles. The number of ether oxygens (including phenoxy) is 1. The van der Waals surface area contributed by atoms with Gasteiger partial charge in [0, 0.05) is 13.2 Å². The van der Waals surface area contributed by atoms with Crippen LogP contribution in [-0.4, -0.2) is 31.3 Å². The third kappa shape index (κ3) is 5.47. The molecule has 0 aromatic heterocycles. The summed E-state index contributed by atoms with van der Waals surface area (Å²) in [6.45, 7) is 1.74. The van der Waals surface area contributed by atoms with Gasteiger partial charge in [-0.05, 0) is 24.1 Å². The zero-order chi connectivity index (χ0) is 12.5. The standard InChI is InChI=1S/C13H19NO3/c1-17-13(16)9-11-4-2-5-12(8-11)10-14-6-3-7-15/h2,4-5,8,14-15H,3,6-7,9-10H2,1H3. The molecule has 0 bridgehead atoms. The van der Waals surface area contributed by atoms with Gasteiger partial charge in [-0.25, -0.2) is 0 Å². The normalized spacial score (nSPS) is 10.2. The molecule has 0 aliphatic rings. The second kappa shape index (κ2) is 7.81. The summed E-state index contributed by atoms with van der Waals surface area (Å²) in [7, 11) is 1.39. The molecule has 0 unspecified atom stereocenters. The Morgan fingerprint density at radius 3 is 2.88 bits per heavy atom. The molecule has 1 aromatic rings. The molecule has 0 radical (unpaired) electrons. The fourth-order valence-corrected chi connectivity index (χ4v) is 1.53. The van der Waals surface area contributed by atoms with Crippen molar-refractivity contribution >= 4 is 5.97 Å². The van der Waals surface area contributed by atoms with Crippen LogP contribution in [0.5, 0.6) is 0 Å². The third-order valence-corrected chi connectivity index (χ3v) is 2.41. The van der Waals surface area contributed by atoms with Gasteiger partial charge >= 0.3 is 5.97 Å². The first-order valence-corrected chi connectivity index (χ1v) is 5.72. The molecule has 0 saturated heterocycles. The number of carbonyl (C=O) groups is 1. The van der Waals surface area contributed by atoms with Crippen LogP contribution < -0.4 is 5.32 Å². The summed E-state index contributed by atoms with van der Waals surface area (Å²) in [5, 5.41) is 11.9. The van der Waals surface area contributed by atoms with E-state index in [0.717, 1.165) is 30.6 Å². The number of aliphatic hydroxyl groups excluding tert-OH is 1. The molecular formula is C13H19NO3. The van der Waals surface area contributed by atoms with Crippen molar-refractivity contribution in [3.63, 3.8) is 0 Å². The molecule has 0 atom stereocenters. The van der Waals surface area contributed by atoms with Crippen LogP contribution in [0.1, 0.15) is 17.5 Å². The second-order valence-corrected chi connectivity index (χ2v) is 3.83. The number of hydrogen-bond donors (Lipinski definition) is 2. The fraction of sp³-hybridized carbons (Fsp3) is 0.462. The van der Waals surface area contributed by atoms with Gasteiger partial charge in [0.1, 0.15) is 0 Å². The van der Waals surface area contributed by atoms with E-state index in [1.807, 2.05) is 24.3 Å². The Morgan fingerprint density at radius 2 is 2.18 bits per heavy atom. The zero-order valence-electron chi connectivity index (χ0n) is 10.1. The summed E-state index contributed by atoms with van der Waals surface area (Å²) >= 11 is 0. The highest BCUT2D eigenvalue weighted by Gasteiger charge is 2.03. The van der Waals surface area contributed by atoms with Crippen molar-refractivity contribution in [2.75, 3.05) is 20.3 Å². The molecule has 4 nitrogen and oxygen atoms in total. The van der Waals surface area contributed by atoms with Crippen molar-refractivity contribution < 1.29 is 14.6 Å². The molecule has 1 aromatic carbocycles. The summed E-state index contributed by atoms with van der Waals surface area (Å²) in [6.07, 6.45) is 1.06. The Morgan fingerprint density at radius 1 is 1.41 bits per heavy atom. The van der Waals surface area contributed by atoms with E-state index in [1.165, 1.54) is 7.11 Å². The highest BCUT2D eigenvalue weighted by Crippen LogP contribution is 2.06. The van der Waals surface area contributed by atoms with Gasteiger partial charge in [-0.15, -0.1) is 0 Å². The van der Waals surface area contributed by atoms with E-state index in [4.69, 9.17) is 5.11 Å². The zero-order valence-corrected chi connectivity index (χ0v) is 10.1. The number of hydrogen-bond acceptors (Lipinski definition) is 4. The number of methoxy groups -OCH3 is 1. The van der Waals surface area contributed by atoms with Gasteiger partial charge in [0.25, 0.3) is 0 Å². The number of benzene rings is 1. The van der Waals surface area contributed by atoms with E-state index in [1.54, 1.807) is 0 Å². The maximum atomic E-state index is 11.1. The number of rotatable bonds is 7. The van der Waals surface area contributed by atoms with Crippen molar-refractivity contribution in [1.29, 1.82) is 0 Å². The van der Waals surface area contributed by atoms with Gasteiger partial charge in [0.15, 0.2) is 0 Å². The van der Waals surface area contributed by atoms with E-state index in [-0.39, 0.29) is 12.6 Å². The maximum absolute atomic E-state index is 11.1. The molecule has 0 spiro atoms. The van der Waals surface area contributed by atoms with Crippen LogP contribution in [0.25, 0.3) is 0 Å². The first-order chi connectivity index (χ1) is 8.26. The van der Waals surface area contributed by atoms with Crippen LogP contribution in [0.3, 0.4) is 0 Å². The molecule has 2 N–H and O–H groups in total. The van der Waals surface area contributed by atoms with Gasteiger partial charge < -0.3 is 15.2 Å². The predicted octanol–water partition coefficient (Wildman–Crippen LogP) is 0.874. The number of esters is 1. The fourth-order valence-electron chi connectivity index (χ4n) is 1.53. The first-order valence-electron chi connectivity index (χ1n) is 5.72. The average molecular weight is 237 g/mol. The molecule has 94 valence electrons. The van der Waals surface area contributed by atoms with Crippen molar-refractivity contribution in [3.05, 3.63) is 35.4 Å². The lowest BCUT2D eigenvalue weighted by atomic mass is 10.1. The minimum atomic E-state index is -0.226. The molecule has 0 aliphatic heterocycles. The lowest BCUT2D eigenvalue weighted by Crippen LogP contribution is -2.15. The van der Waals surface area contributed by atoms with E-state index < -0.39 is 0 Å². The maximum Gasteiger partial charge on any atom is 0.309 e. The summed E-state index contributed by atoms with van der Waals surface area (Å²) in [4.78, 5) is 11.1. The molecule has 17 heavy (non-hydrogen) atoms. The Balaban J connectivity index is 2.45. The molecule has 0 heterocycles. The lowest BCUT2D eigenvalue weighted by Gasteiger charge is -2.06. The average Bonchev–Trinajstić information content (AvgIpc) is 2.35. The van der Waals surface area contributed by atoms with Crippen molar-refractivity contribution in [2.24, 2.45) is 0 Å². The summed E-state index contributed by atoms with van der Waals surface area (Å²) in [5.41, 5.74) is 2.09. The molecule has 1 rings (SSSR count). The monoisotopic (exact) mass is 237 g/mol. The Hall–Kier alpha value is -1.39. The van der Waals surface area contributed by atoms with Crippen molar-refractivity contribution in [1.82, 2.24) is 5.32 Å². The van der Waals surface area contributed by atoms with E-state index >= 15 is 0 Å². The van der Waals surface area contributed by atoms with Crippen LogP contribution in [0.4, 0.5) is 0 Å². The second-order valence-electron chi connectivity index (χ2n) is 3.83. The SMILES string of the molecule is COC(=O)Cc1cccc(CNCCCO)c1. The van der Waals surface area contributed by atoms with Crippen LogP contribution in [0.15, 0.2) is 24.3 Å². The van der Waals surface area contributed by atoms with Crippen LogP contribution in [0.2, 0.25) is 0 Å². The topological polar surface area (TPSA) is 58.6 Å². The lowest BCUT2D eigenvalue weighted by molar-refractivity contribution is -0.139. The highest BCUT2D eigenvalue weighted by molar-refractivity contribution is 5.72. The summed E-state index contributed by atoms with van der Waals surface area (Å²) < 4.78 is 4.62. The first kappa shape index (κ1) is 13.7. The number of nitrogens with one attached hydrogen (secondary N) is 1. The van der Waals surface area contributed by atoms with E-state index in [2.05, 4.69) is 10.1 Å². The van der Waals surface area contributed by atoms with Crippen LogP contribution in [0, 0.1) is 0 Å². The smallest absolute Gasteiger partial charge is 0.309 e. The van der Waals surface area contributed by atoms with Gasteiger partial charge in [-0.3, -0.25) is 4.79 Å². The van der Waals surface area contributed by atoms with Crippen molar-refractivity contribution in [2.45, 2.75) is 19.4 Å². The van der Waals surface area contributed by atoms with Gasteiger partial charge in [0.2, 0.25) is 0 Å².